The zero-order valence-electron chi connectivity index (χ0n) is 8.10. The first kappa shape index (κ1) is 9.45. The number of phenols is 1. The molecule has 1 aromatic heterocycles. The summed E-state index contributed by atoms with van der Waals surface area (Å²) in [6.07, 6.45) is 0. The Labute approximate surface area is 86.1 Å². The number of carbonyl (C=O) groups excluding carboxylic acids is 1. The Morgan fingerprint density at radius 1 is 1.33 bits per heavy atom. The van der Waals surface area contributed by atoms with Crippen molar-refractivity contribution in [2.45, 2.75) is 6.92 Å². The first-order valence-corrected chi connectivity index (χ1v) is 4.44. The van der Waals surface area contributed by atoms with Crippen LogP contribution >= 0.6 is 0 Å². The third-order valence-electron chi connectivity index (χ3n) is 2.02. The Bertz CT molecular complexity index is 485. The van der Waals surface area contributed by atoms with E-state index in [-0.39, 0.29) is 11.5 Å². The number of carbonyl (C=O) groups is 1. The van der Waals surface area contributed by atoms with Gasteiger partial charge in [0.15, 0.2) is 11.5 Å². The Morgan fingerprint density at radius 2 is 2.00 bits per heavy atom. The largest absolute Gasteiger partial charge is 0.508 e. The van der Waals surface area contributed by atoms with Crippen LogP contribution in [-0.2, 0) is 0 Å². The van der Waals surface area contributed by atoms with Crippen molar-refractivity contribution in [1.29, 1.82) is 0 Å². The summed E-state index contributed by atoms with van der Waals surface area (Å²) >= 11 is 0. The molecule has 0 aliphatic rings. The van der Waals surface area contributed by atoms with Crippen LogP contribution in [-0.4, -0.2) is 16.0 Å². The second-order valence-corrected chi connectivity index (χ2v) is 3.18. The molecule has 1 aromatic carbocycles. The number of ketones is 1. The van der Waals surface area contributed by atoms with Gasteiger partial charge in [0.1, 0.15) is 11.4 Å². The van der Waals surface area contributed by atoms with Crippen LogP contribution in [0.1, 0.15) is 17.4 Å². The van der Waals surface area contributed by atoms with E-state index in [0.29, 0.717) is 11.5 Å². The van der Waals surface area contributed by atoms with Gasteiger partial charge >= 0.3 is 0 Å². The van der Waals surface area contributed by atoms with Gasteiger partial charge in [0.05, 0.1) is 0 Å². The van der Waals surface area contributed by atoms with Crippen molar-refractivity contribution in [2.75, 3.05) is 0 Å². The fraction of sp³-hybridized carbons (Fsp3) is 0.0909. The van der Waals surface area contributed by atoms with Gasteiger partial charge in [0.2, 0.25) is 0 Å². The number of hydrogen-bond donors (Lipinski definition) is 1. The molecule has 1 N–H and O–H groups in total. The highest BCUT2D eigenvalue weighted by Gasteiger charge is 2.09. The summed E-state index contributed by atoms with van der Waals surface area (Å²) in [5.74, 6) is 0.564. The first-order valence-electron chi connectivity index (χ1n) is 4.44. The Balaban J connectivity index is 2.37. The van der Waals surface area contributed by atoms with E-state index < -0.39 is 0 Å². The van der Waals surface area contributed by atoms with E-state index in [1.54, 1.807) is 30.3 Å². The van der Waals surface area contributed by atoms with Crippen LogP contribution < -0.4 is 0 Å². The smallest absolute Gasteiger partial charge is 0.181 e. The molecule has 0 unspecified atom stereocenters. The Hall–Kier alpha value is -2.10. The van der Waals surface area contributed by atoms with Crippen molar-refractivity contribution in [1.82, 2.24) is 5.16 Å². The van der Waals surface area contributed by atoms with Gasteiger partial charge in [0, 0.05) is 18.6 Å². The van der Waals surface area contributed by atoms with Crippen molar-refractivity contribution >= 4 is 5.78 Å². The van der Waals surface area contributed by atoms with Crippen molar-refractivity contribution in [2.24, 2.45) is 0 Å². The molecule has 15 heavy (non-hydrogen) atoms. The highest BCUT2D eigenvalue weighted by Crippen LogP contribution is 2.22. The summed E-state index contributed by atoms with van der Waals surface area (Å²) in [6.45, 7) is 1.43. The molecular weight excluding hydrogens is 194 g/mol. The maximum Gasteiger partial charge on any atom is 0.181 e. The lowest BCUT2D eigenvalue weighted by atomic mass is 10.1. The van der Waals surface area contributed by atoms with Gasteiger partial charge in [-0.05, 0) is 24.3 Å². The highest BCUT2D eigenvalue weighted by atomic mass is 16.5. The predicted octanol–water partition coefficient (Wildman–Crippen LogP) is 2.25. The van der Waals surface area contributed by atoms with Crippen LogP contribution in [0, 0.1) is 0 Å². The van der Waals surface area contributed by atoms with Crippen molar-refractivity contribution < 1.29 is 14.4 Å². The number of aromatic nitrogens is 1. The summed E-state index contributed by atoms with van der Waals surface area (Å²) in [6, 6.07) is 8.06. The average Bonchev–Trinajstić information content (AvgIpc) is 2.68. The van der Waals surface area contributed by atoms with Crippen LogP contribution in [0.5, 0.6) is 5.75 Å². The van der Waals surface area contributed by atoms with E-state index in [2.05, 4.69) is 5.16 Å². The van der Waals surface area contributed by atoms with Crippen molar-refractivity contribution in [3.05, 3.63) is 36.0 Å². The molecular formula is C11H9NO3. The molecule has 2 rings (SSSR count). The van der Waals surface area contributed by atoms with Crippen molar-refractivity contribution in [3.8, 4) is 17.1 Å². The fourth-order valence-electron chi connectivity index (χ4n) is 1.20. The number of aromatic hydroxyl groups is 1. The standard InChI is InChI=1S/C11H9NO3/c1-7(13)10-6-11(15-12-10)8-2-4-9(14)5-3-8/h2-6,14H,1H3. The quantitative estimate of drug-likeness (QED) is 0.760. The first-order chi connectivity index (χ1) is 7.16. The lowest BCUT2D eigenvalue weighted by Crippen LogP contribution is -1.89. The maximum absolute atomic E-state index is 11.0. The molecule has 0 saturated carbocycles. The molecule has 76 valence electrons. The zero-order chi connectivity index (χ0) is 10.8. The molecule has 0 amide bonds. The van der Waals surface area contributed by atoms with E-state index >= 15 is 0 Å². The van der Waals surface area contributed by atoms with E-state index in [9.17, 15) is 4.79 Å². The second kappa shape index (κ2) is 3.57. The summed E-state index contributed by atoms with van der Waals surface area (Å²) in [5.41, 5.74) is 1.07. The van der Waals surface area contributed by atoms with E-state index in [4.69, 9.17) is 9.63 Å². The van der Waals surface area contributed by atoms with Crippen LogP contribution in [0.4, 0.5) is 0 Å². The molecule has 0 spiro atoms. The lowest BCUT2D eigenvalue weighted by Gasteiger charge is -1.94. The molecule has 0 saturated heterocycles. The molecule has 0 bridgehead atoms. The number of phenolic OH excluding ortho intramolecular Hbond substituents is 1. The predicted molar refractivity (Wildman–Crippen MR) is 53.6 cm³/mol. The molecule has 4 heteroatoms. The van der Waals surface area contributed by atoms with Gasteiger partial charge < -0.3 is 9.63 Å². The molecule has 0 atom stereocenters. The minimum absolute atomic E-state index is 0.135. The fourth-order valence-corrected chi connectivity index (χ4v) is 1.20. The van der Waals surface area contributed by atoms with Gasteiger partial charge in [-0.3, -0.25) is 4.79 Å². The Kier molecular flexibility index (Phi) is 2.25. The summed E-state index contributed by atoms with van der Waals surface area (Å²) in [4.78, 5) is 11.0. The number of benzene rings is 1. The van der Waals surface area contributed by atoms with Gasteiger partial charge in [0.25, 0.3) is 0 Å². The lowest BCUT2D eigenvalue weighted by molar-refractivity contribution is 0.100. The number of rotatable bonds is 2. The summed E-state index contributed by atoms with van der Waals surface area (Å²) < 4.78 is 5.00. The average molecular weight is 203 g/mol. The molecule has 0 radical (unpaired) electrons. The van der Waals surface area contributed by atoms with Gasteiger partial charge in [-0.15, -0.1) is 0 Å². The molecule has 0 fully saturated rings. The van der Waals surface area contributed by atoms with E-state index in [0.717, 1.165) is 5.56 Å². The molecule has 0 aliphatic carbocycles. The molecule has 2 aromatic rings. The topological polar surface area (TPSA) is 63.3 Å². The minimum Gasteiger partial charge on any atom is -0.508 e. The van der Waals surface area contributed by atoms with Crippen LogP contribution in [0.15, 0.2) is 34.9 Å². The minimum atomic E-state index is -0.135. The summed E-state index contributed by atoms with van der Waals surface area (Å²) in [7, 11) is 0. The maximum atomic E-state index is 11.0. The van der Waals surface area contributed by atoms with E-state index in [1.165, 1.54) is 6.92 Å². The molecule has 0 aliphatic heterocycles. The van der Waals surface area contributed by atoms with Crippen LogP contribution in [0.2, 0.25) is 0 Å². The molecule has 4 nitrogen and oxygen atoms in total. The monoisotopic (exact) mass is 203 g/mol. The van der Waals surface area contributed by atoms with Gasteiger partial charge in [-0.25, -0.2) is 0 Å². The summed E-state index contributed by atoms with van der Waals surface area (Å²) in [5, 5.41) is 12.7. The third kappa shape index (κ3) is 1.88. The Morgan fingerprint density at radius 3 is 2.53 bits per heavy atom. The number of Topliss-reactive ketones (excluding diaryl/α,β-unsaturated/α-hetero) is 1. The van der Waals surface area contributed by atoms with Gasteiger partial charge in [-0.2, -0.15) is 0 Å². The van der Waals surface area contributed by atoms with Crippen LogP contribution in [0.25, 0.3) is 11.3 Å². The van der Waals surface area contributed by atoms with Crippen molar-refractivity contribution in [3.63, 3.8) is 0 Å². The third-order valence-corrected chi connectivity index (χ3v) is 2.02. The second-order valence-electron chi connectivity index (χ2n) is 3.18. The van der Waals surface area contributed by atoms with Crippen LogP contribution in [0.3, 0.4) is 0 Å². The SMILES string of the molecule is CC(=O)c1cc(-c2ccc(O)cc2)on1. The number of nitrogens with zero attached hydrogens (tertiary/aromatic N) is 1. The number of hydrogen-bond acceptors (Lipinski definition) is 4. The zero-order valence-corrected chi connectivity index (χ0v) is 8.10. The normalized spacial score (nSPS) is 10.2. The van der Waals surface area contributed by atoms with Gasteiger partial charge in [-0.1, -0.05) is 5.16 Å². The molecule has 1 heterocycles. The van der Waals surface area contributed by atoms with E-state index in [1.807, 2.05) is 0 Å². The highest BCUT2D eigenvalue weighted by molar-refractivity contribution is 5.92.